The molecule has 4 heterocycles. The largest absolute Gasteiger partial charge is 0.479 e. The predicted octanol–water partition coefficient (Wildman–Crippen LogP) is 1.11. The molecule has 0 saturated carbocycles. The number of fused-ring (bicyclic) bond motifs is 3. The van der Waals surface area contributed by atoms with Gasteiger partial charge in [0.05, 0.1) is 18.8 Å². The maximum absolute atomic E-state index is 5.88. The van der Waals surface area contributed by atoms with Crippen LogP contribution in [0.15, 0.2) is 0 Å². The van der Waals surface area contributed by atoms with E-state index >= 15 is 0 Å². The molecule has 1 atom stereocenters. The van der Waals surface area contributed by atoms with Gasteiger partial charge in [-0.1, -0.05) is 0 Å². The smallest absolute Gasteiger partial charge is 0.251 e. The van der Waals surface area contributed by atoms with Gasteiger partial charge < -0.3 is 14.4 Å². The molecular formula is C11H17N3O2S. The van der Waals surface area contributed by atoms with Crippen LogP contribution in [-0.2, 0) is 10.3 Å². The lowest BCUT2D eigenvalue weighted by Gasteiger charge is -2.51. The highest BCUT2D eigenvalue weighted by atomic mass is 32.1. The minimum atomic E-state index is -0.311. The monoisotopic (exact) mass is 255 g/mol. The van der Waals surface area contributed by atoms with Gasteiger partial charge in [0.2, 0.25) is 0 Å². The normalized spacial score (nSPS) is 36.1. The summed E-state index contributed by atoms with van der Waals surface area (Å²) in [6, 6.07) is 0. The van der Waals surface area contributed by atoms with Crippen LogP contribution in [0.5, 0.6) is 5.88 Å². The Kier molecular flexibility index (Phi) is 2.80. The van der Waals surface area contributed by atoms with Gasteiger partial charge in [0.25, 0.3) is 5.88 Å². The molecule has 0 aromatic carbocycles. The van der Waals surface area contributed by atoms with Gasteiger partial charge >= 0.3 is 0 Å². The summed E-state index contributed by atoms with van der Waals surface area (Å²) in [7, 11) is 3.42. The van der Waals surface area contributed by atoms with Crippen molar-refractivity contribution in [2.75, 3.05) is 33.9 Å². The third-order valence-electron chi connectivity index (χ3n) is 4.12. The Bertz CT molecular complexity index is 403. The van der Waals surface area contributed by atoms with Crippen LogP contribution in [0.2, 0.25) is 0 Å². The van der Waals surface area contributed by atoms with Crippen LogP contribution in [0.4, 0.5) is 0 Å². The van der Waals surface area contributed by atoms with Crippen molar-refractivity contribution in [3.63, 3.8) is 0 Å². The van der Waals surface area contributed by atoms with Crippen molar-refractivity contribution in [3.8, 4) is 5.88 Å². The van der Waals surface area contributed by atoms with Gasteiger partial charge in [-0.05, 0) is 31.8 Å². The first-order valence-corrected chi connectivity index (χ1v) is 6.67. The zero-order valence-electron chi connectivity index (χ0n) is 10.2. The van der Waals surface area contributed by atoms with Gasteiger partial charge in [-0.15, -0.1) is 4.37 Å². The van der Waals surface area contributed by atoms with E-state index in [2.05, 4.69) is 13.6 Å². The summed E-state index contributed by atoms with van der Waals surface area (Å²) in [5.41, 5.74) is 0.580. The highest BCUT2D eigenvalue weighted by Crippen LogP contribution is 2.46. The van der Waals surface area contributed by atoms with E-state index in [9.17, 15) is 0 Å². The van der Waals surface area contributed by atoms with E-state index in [0.717, 1.165) is 12.2 Å². The Hall–Kier alpha value is -0.720. The lowest BCUT2D eigenvalue weighted by atomic mass is 9.73. The quantitative estimate of drug-likeness (QED) is 0.810. The van der Waals surface area contributed by atoms with Crippen LogP contribution in [0.25, 0.3) is 0 Å². The van der Waals surface area contributed by atoms with Crippen molar-refractivity contribution in [2.45, 2.75) is 18.4 Å². The summed E-state index contributed by atoms with van der Waals surface area (Å²) < 4.78 is 19.8. The topological polar surface area (TPSA) is 47.5 Å². The van der Waals surface area contributed by atoms with Crippen molar-refractivity contribution in [1.82, 2.24) is 13.6 Å². The Labute approximate surface area is 105 Å². The van der Waals surface area contributed by atoms with Gasteiger partial charge in [-0.3, -0.25) is 0 Å². The molecule has 2 bridgehead atoms. The SMILES string of the molecule is COc1nsnc1C1(OC)CN2CCC1CC2. The second kappa shape index (κ2) is 4.19. The van der Waals surface area contributed by atoms with Crippen molar-refractivity contribution in [2.24, 2.45) is 5.92 Å². The number of aromatic nitrogens is 2. The maximum Gasteiger partial charge on any atom is 0.251 e. The van der Waals surface area contributed by atoms with Gasteiger partial charge in [-0.2, -0.15) is 4.37 Å². The molecule has 0 N–H and O–H groups in total. The van der Waals surface area contributed by atoms with Gasteiger partial charge in [0, 0.05) is 13.7 Å². The van der Waals surface area contributed by atoms with Crippen molar-refractivity contribution in [3.05, 3.63) is 5.69 Å². The second-order valence-electron chi connectivity index (χ2n) is 4.77. The molecule has 0 radical (unpaired) electrons. The first-order chi connectivity index (χ1) is 8.30. The summed E-state index contributed by atoms with van der Waals surface area (Å²) in [5.74, 6) is 1.17. The average Bonchev–Trinajstić information content (AvgIpc) is 2.88. The van der Waals surface area contributed by atoms with Crippen molar-refractivity contribution < 1.29 is 9.47 Å². The molecule has 1 aromatic rings. The first-order valence-electron chi connectivity index (χ1n) is 5.94. The Balaban J connectivity index is 2.02. The predicted molar refractivity (Wildman–Crippen MR) is 64.3 cm³/mol. The standard InChI is InChI=1S/C11H17N3O2S/c1-15-10-9(12-17-13-10)11(16-2)7-14-5-3-8(11)4-6-14/h8H,3-7H2,1-2H3. The van der Waals surface area contributed by atoms with E-state index in [-0.39, 0.29) is 5.60 Å². The molecule has 3 saturated heterocycles. The molecule has 0 aliphatic carbocycles. The zero-order chi connectivity index (χ0) is 11.9. The molecular weight excluding hydrogens is 238 g/mol. The van der Waals surface area contributed by atoms with Crippen molar-refractivity contribution >= 4 is 11.7 Å². The average molecular weight is 255 g/mol. The molecule has 17 heavy (non-hydrogen) atoms. The summed E-state index contributed by atoms with van der Waals surface area (Å²) >= 11 is 1.20. The molecule has 4 rings (SSSR count). The van der Waals surface area contributed by atoms with Gasteiger partial charge in [0.1, 0.15) is 5.60 Å². The lowest BCUT2D eigenvalue weighted by Crippen LogP contribution is -2.58. The fraction of sp³-hybridized carbons (Fsp3) is 0.818. The van der Waals surface area contributed by atoms with E-state index in [1.807, 2.05) is 0 Å². The second-order valence-corrected chi connectivity index (χ2v) is 5.29. The zero-order valence-corrected chi connectivity index (χ0v) is 11.0. The first kappa shape index (κ1) is 11.4. The van der Waals surface area contributed by atoms with Gasteiger partial charge in [0.15, 0.2) is 5.69 Å². The molecule has 6 heteroatoms. The number of hydrogen-bond donors (Lipinski definition) is 0. The van der Waals surface area contributed by atoms with E-state index in [4.69, 9.17) is 9.47 Å². The van der Waals surface area contributed by atoms with E-state index in [1.54, 1.807) is 14.2 Å². The molecule has 1 aromatic heterocycles. The minimum Gasteiger partial charge on any atom is -0.479 e. The molecule has 5 nitrogen and oxygen atoms in total. The fourth-order valence-corrected chi connectivity index (χ4v) is 3.78. The fourth-order valence-electron chi connectivity index (χ4n) is 3.19. The lowest BCUT2D eigenvalue weighted by molar-refractivity contribution is -0.144. The number of ether oxygens (including phenoxy) is 2. The summed E-state index contributed by atoms with van der Waals surface area (Å²) in [6.45, 7) is 3.27. The molecule has 94 valence electrons. The van der Waals surface area contributed by atoms with E-state index < -0.39 is 0 Å². The number of hydrogen-bond acceptors (Lipinski definition) is 6. The van der Waals surface area contributed by atoms with Crippen molar-refractivity contribution in [1.29, 1.82) is 0 Å². The van der Waals surface area contributed by atoms with Crippen LogP contribution in [0.3, 0.4) is 0 Å². The van der Waals surface area contributed by atoms with E-state index in [1.165, 1.54) is 37.7 Å². The summed E-state index contributed by atoms with van der Waals surface area (Å²) in [5, 5.41) is 0. The molecule has 3 fully saturated rings. The molecule has 1 unspecified atom stereocenters. The number of rotatable bonds is 3. The highest BCUT2D eigenvalue weighted by Gasteiger charge is 2.51. The van der Waals surface area contributed by atoms with Crippen LogP contribution in [-0.4, -0.2) is 47.5 Å². The Morgan fingerprint density at radius 2 is 2.06 bits per heavy atom. The number of nitrogens with zero attached hydrogens (tertiary/aromatic N) is 3. The number of methoxy groups -OCH3 is 2. The van der Waals surface area contributed by atoms with E-state index in [0.29, 0.717) is 11.8 Å². The van der Waals surface area contributed by atoms with Crippen LogP contribution in [0, 0.1) is 5.92 Å². The maximum atomic E-state index is 5.88. The highest BCUT2D eigenvalue weighted by molar-refractivity contribution is 6.99. The summed E-state index contributed by atoms with van der Waals surface area (Å²) in [6.07, 6.45) is 2.35. The molecule has 0 spiro atoms. The molecule has 3 aliphatic heterocycles. The molecule has 3 aliphatic rings. The third-order valence-corrected chi connectivity index (χ3v) is 4.63. The van der Waals surface area contributed by atoms with Crippen LogP contribution in [0.1, 0.15) is 18.5 Å². The minimum absolute atomic E-state index is 0.311. The van der Waals surface area contributed by atoms with Crippen LogP contribution < -0.4 is 4.74 Å². The van der Waals surface area contributed by atoms with Crippen LogP contribution >= 0.6 is 11.7 Å². The van der Waals surface area contributed by atoms with Gasteiger partial charge in [-0.25, -0.2) is 0 Å². The number of piperidine rings is 3. The Morgan fingerprint density at radius 3 is 2.59 bits per heavy atom. The summed E-state index contributed by atoms with van der Waals surface area (Å²) in [4.78, 5) is 2.45. The third kappa shape index (κ3) is 1.58. The Morgan fingerprint density at radius 1 is 1.29 bits per heavy atom. The molecule has 0 amide bonds.